The van der Waals surface area contributed by atoms with Crippen molar-refractivity contribution in [3.8, 4) is 11.1 Å². The van der Waals surface area contributed by atoms with Crippen LogP contribution in [-0.4, -0.2) is 40.9 Å². The van der Waals surface area contributed by atoms with Gasteiger partial charge < -0.3 is 16.4 Å². The Kier molecular flexibility index (Phi) is 5.61. The summed E-state index contributed by atoms with van der Waals surface area (Å²) in [5, 5.41) is 8.83. The third-order valence-electron chi connectivity index (χ3n) is 6.16. The molecule has 0 atom stereocenters. The van der Waals surface area contributed by atoms with E-state index in [0.717, 1.165) is 27.6 Å². The summed E-state index contributed by atoms with van der Waals surface area (Å²) >= 11 is 0. The Labute approximate surface area is 181 Å². The van der Waals surface area contributed by atoms with Gasteiger partial charge in [0.25, 0.3) is 5.91 Å². The lowest BCUT2D eigenvalue weighted by atomic mass is 9.81. The first-order chi connectivity index (χ1) is 15.1. The van der Waals surface area contributed by atoms with Crippen LogP contribution in [0.3, 0.4) is 0 Å². The summed E-state index contributed by atoms with van der Waals surface area (Å²) in [4.78, 5) is 25.5. The largest absolute Gasteiger partial charge is 0.398 e. The Morgan fingerprint density at radius 3 is 2.74 bits per heavy atom. The first-order valence-corrected chi connectivity index (χ1v) is 10.5. The molecule has 1 aliphatic carbocycles. The van der Waals surface area contributed by atoms with Crippen LogP contribution in [0, 0.1) is 0 Å². The maximum atomic E-state index is 12.9. The molecule has 1 fully saturated rings. The van der Waals surface area contributed by atoms with Gasteiger partial charge in [-0.15, -0.1) is 0 Å². The van der Waals surface area contributed by atoms with E-state index in [1.165, 1.54) is 32.0 Å². The topological polar surface area (TPSA) is 118 Å². The van der Waals surface area contributed by atoms with E-state index >= 15 is 0 Å². The highest BCUT2D eigenvalue weighted by molar-refractivity contribution is 6.05. The fourth-order valence-electron chi connectivity index (χ4n) is 4.39. The Morgan fingerprint density at radius 2 is 2.06 bits per heavy atom. The van der Waals surface area contributed by atoms with E-state index < -0.39 is 0 Å². The first kappa shape index (κ1) is 20.8. The van der Waals surface area contributed by atoms with Gasteiger partial charge in [0.05, 0.1) is 11.1 Å². The minimum absolute atomic E-state index is 0.151. The molecule has 5 rings (SSSR count). The molecule has 0 bridgehead atoms. The zero-order valence-electron chi connectivity index (χ0n) is 17.6. The number of aldehydes is 1. The molecule has 160 valence electrons. The van der Waals surface area contributed by atoms with Crippen LogP contribution < -0.4 is 11.5 Å². The van der Waals surface area contributed by atoms with E-state index in [9.17, 15) is 9.59 Å². The van der Waals surface area contributed by atoms with Gasteiger partial charge in [-0.2, -0.15) is 5.10 Å². The van der Waals surface area contributed by atoms with Crippen LogP contribution in [0.4, 0.5) is 5.69 Å². The lowest BCUT2D eigenvalue weighted by molar-refractivity contribution is -0.105. The smallest absolute Gasteiger partial charge is 0.256 e. The molecular weight excluding hydrogens is 390 g/mol. The Hall–Kier alpha value is -3.45. The van der Waals surface area contributed by atoms with Gasteiger partial charge in [-0.05, 0) is 54.8 Å². The Balaban J connectivity index is 0.00000112. The van der Waals surface area contributed by atoms with Crippen molar-refractivity contribution in [2.45, 2.75) is 31.7 Å². The predicted molar refractivity (Wildman–Crippen MR) is 123 cm³/mol. The number of aromatic nitrogens is 2. The minimum atomic E-state index is -0.151. The van der Waals surface area contributed by atoms with Gasteiger partial charge in [-0.3, -0.25) is 14.7 Å². The van der Waals surface area contributed by atoms with Crippen molar-refractivity contribution in [2.75, 3.05) is 19.3 Å². The quantitative estimate of drug-likeness (QED) is 0.334. The fraction of sp³-hybridized carbons (Fsp3) is 0.292. The van der Waals surface area contributed by atoms with Gasteiger partial charge in [0, 0.05) is 41.3 Å². The summed E-state index contributed by atoms with van der Waals surface area (Å²) in [5.74, 6) is 0.403. The maximum absolute atomic E-state index is 12.9. The van der Waals surface area contributed by atoms with E-state index in [4.69, 9.17) is 5.73 Å². The molecule has 1 amide bonds. The zero-order valence-corrected chi connectivity index (χ0v) is 17.6. The second kappa shape index (κ2) is 8.35. The molecule has 7 heteroatoms. The molecule has 0 radical (unpaired) electrons. The molecule has 1 aliphatic heterocycles. The van der Waals surface area contributed by atoms with E-state index in [1.807, 2.05) is 18.2 Å². The molecule has 1 saturated carbocycles. The average Bonchev–Trinajstić information content (AvgIpc) is 3.30. The van der Waals surface area contributed by atoms with Crippen molar-refractivity contribution in [2.24, 2.45) is 5.73 Å². The Bertz CT molecular complexity index is 1180. The monoisotopic (exact) mass is 417 g/mol. The third-order valence-corrected chi connectivity index (χ3v) is 6.16. The molecule has 31 heavy (non-hydrogen) atoms. The number of hydrogen-bond donors (Lipinski definition) is 3. The highest BCUT2D eigenvalue weighted by Crippen LogP contribution is 2.41. The molecular formula is C24H27N5O2. The minimum Gasteiger partial charge on any atom is -0.398 e. The molecule has 0 saturated heterocycles. The van der Waals surface area contributed by atoms with Crippen molar-refractivity contribution in [3.63, 3.8) is 0 Å². The summed E-state index contributed by atoms with van der Waals surface area (Å²) in [7, 11) is 1.50. The normalized spacial score (nSPS) is 15.3. The van der Waals surface area contributed by atoms with Crippen molar-refractivity contribution < 1.29 is 9.59 Å². The van der Waals surface area contributed by atoms with Crippen LogP contribution in [-0.2, 0) is 11.3 Å². The lowest BCUT2D eigenvalue weighted by Crippen LogP contribution is -2.26. The Morgan fingerprint density at radius 1 is 1.29 bits per heavy atom. The fourth-order valence-corrected chi connectivity index (χ4v) is 4.39. The van der Waals surface area contributed by atoms with Crippen LogP contribution in [0.2, 0.25) is 0 Å². The van der Waals surface area contributed by atoms with E-state index in [-0.39, 0.29) is 12.5 Å². The summed E-state index contributed by atoms with van der Waals surface area (Å²) in [5.41, 5.74) is 17.1. The number of hydrogen-bond acceptors (Lipinski definition) is 5. The predicted octanol–water partition coefficient (Wildman–Crippen LogP) is 3.37. The number of carbonyl (C=O) groups excluding carboxylic acids is 2. The summed E-state index contributed by atoms with van der Waals surface area (Å²) in [6, 6.07) is 9.99. The van der Waals surface area contributed by atoms with Gasteiger partial charge in [-0.25, -0.2) is 0 Å². The van der Waals surface area contributed by atoms with Crippen LogP contribution in [0.5, 0.6) is 0 Å². The standard InChI is InChI=1S/C23H22N4O2.CH5N/c1-13(12-28)10-27-11-18-16(6-7-19(24)21(18)23(27)29)15-5-8-20-17(9-15)22(26-25-20)14-3-2-4-14;1-2/h5-9,12,14H,1-4,10-11,24H2,(H,25,26);2H2,1H3. The van der Waals surface area contributed by atoms with E-state index in [2.05, 4.69) is 28.6 Å². The van der Waals surface area contributed by atoms with Crippen LogP contribution in [0.1, 0.15) is 46.8 Å². The molecule has 2 aliphatic rings. The van der Waals surface area contributed by atoms with Gasteiger partial charge in [0.2, 0.25) is 0 Å². The molecule has 7 nitrogen and oxygen atoms in total. The van der Waals surface area contributed by atoms with Gasteiger partial charge >= 0.3 is 0 Å². The van der Waals surface area contributed by atoms with Crippen molar-refractivity contribution >= 4 is 28.8 Å². The van der Waals surface area contributed by atoms with E-state index in [1.54, 1.807) is 11.0 Å². The highest BCUT2D eigenvalue weighted by Gasteiger charge is 2.32. The summed E-state index contributed by atoms with van der Waals surface area (Å²) in [6.45, 7) is 4.33. The van der Waals surface area contributed by atoms with Crippen molar-refractivity contribution in [1.29, 1.82) is 0 Å². The van der Waals surface area contributed by atoms with Crippen molar-refractivity contribution in [3.05, 3.63) is 59.3 Å². The molecule has 0 unspecified atom stereocenters. The number of nitrogens with zero attached hydrogens (tertiary/aromatic N) is 2. The molecule has 5 N–H and O–H groups in total. The molecule has 1 aromatic heterocycles. The second-order valence-corrected chi connectivity index (χ2v) is 7.99. The van der Waals surface area contributed by atoms with Gasteiger partial charge in [0.1, 0.15) is 6.29 Å². The SMILES string of the molecule is C=C(C=O)CN1Cc2c(-c3ccc4n[nH]c(C5CCC5)c4c3)ccc(N)c2C1=O.CN. The van der Waals surface area contributed by atoms with Crippen LogP contribution in [0.15, 0.2) is 42.5 Å². The molecule has 2 aromatic carbocycles. The number of rotatable bonds is 5. The molecule has 0 spiro atoms. The highest BCUT2D eigenvalue weighted by atomic mass is 16.2. The van der Waals surface area contributed by atoms with Gasteiger partial charge in [0.15, 0.2) is 0 Å². The number of nitrogens with two attached hydrogens (primary N) is 2. The van der Waals surface area contributed by atoms with E-state index in [0.29, 0.717) is 35.6 Å². The summed E-state index contributed by atoms with van der Waals surface area (Å²) in [6.07, 6.45) is 4.35. The zero-order chi connectivity index (χ0) is 22.1. The molecule has 3 aromatic rings. The number of benzene rings is 2. The number of fused-ring (bicyclic) bond motifs is 2. The first-order valence-electron chi connectivity index (χ1n) is 10.5. The maximum Gasteiger partial charge on any atom is 0.256 e. The summed E-state index contributed by atoms with van der Waals surface area (Å²) < 4.78 is 0. The number of H-pyrrole nitrogens is 1. The number of nitrogen functional groups attached to an aromatic ring is 1. The molecule has 2 heterocycles. The number of amides is 1. The van der Waals surface area contributed by atoms with Crippen LogP contribution in [0.25, 0.3) is 22.0 Å². The van der Waals surface area contributed by atoms with Gasteiger partial charge in [-0.1, -0.05) is 25.1 Å². The number of aromatic amines is 1. The number of carbonyl (C=O) groups is 2. The van der Waals surface area contributed by atoms with Crippen LogP contribution >= 0.6 is 0 Å². The number of anilines is 1. The second-order valence-electron chi connectivity index (χ2n) is 7.99. The van der Waals surface area contributed by atoms with Crippen molar-refractivity contribution in [1.82, 2.24) is 15.1 Å². The third kappa shape index (κ3) is 3.51. The number of nitrogens with one attached hydrogen (secondary N) is 1. The lowest BCUT2D eigenvalue weighted by Gasteiger charge is -2.24. The average molecular weight is 418 g/mol.